The van der Waals surface area contributed by atoms with Crippen LogP contribution in [-0.2, 0) is 9.84 Å². The molecule has 1 aromatic carbocycles. The van der Waals surface area contributed by atoms with E-state index in [9.17, 15) is 13.5 Å². The van der Waals surface area contributed by atoms with E-state index in [0.29, 0.717) is 12.0 Å². The third-order valence-electron chi connectivity index (χ3n) is 2.63. The zero-order valence-corrected chi connectivity index (χ0v) is 10.0. The summed E-state index contributed by atoms with van der Waals surface area (Å²) < 4.78 is 22.4. The molecule has 0 spiro atoms. The molecule has 2 N–H and O–H groups in total. The lowest BCUT2D eigenvalue weighted by atomic mass is 10.2. The first-order valence-electron chi connectivity index (χ1n) is 5.34. The molecule has 1 fully saturated rings. The van der Waals surface area contributed by atoms with Crippen LogP contribution < -0.4 is 5.43 Å². The topological polar surface area (TPSA) is 78.8 Å². The molecule has 0 aliphatic carbocycles. The molecule has 1 heterocycles. The van der Waals surface area contributed by atoms with Gasteiger partial charge in [0.2, 0.25) is 0 Å². The normalized spacial score (nSPS) is 22.9. The standard InChI is InChI=1S/C11H14N2O3S/c14-11-4-2-1-3-9(11)7-12-13-10-5-6-17(15,16)8-10/h1-4,7,10,13-14H,5-6,8H2/b12-7+. The van der Waals surface area contributed by atoms with E-state index in [4.69, 9.17) is 0 Å². The second-order valence-corrected chi connectivity index (χ2v) is 6.27. The van der Waals surface area contributed by atoms with E-state index in [1.165, 1.54) is 6.21 Å². The summed E-state index contributed by atoms with van der Waals surface area (Å²) in [5.41, 5.74) is 3.39. The summed E-state index contributed by atoms with van der Waals surface area (Å²) in [6.07, 6.45) is 2.07. The number of phenolic OH excluding ortho intramolecular Hbond substituents is 1. The fourth-order valence-corrected chi connectivity index (χ4v) is 3.37. The number of sulfone groups is 1. The van der Waals surface area contributed by atoms with Crippen LogP contribution in [0.25, 0.3) is 0 Å². The summed E-state index contributed by atoms with van der Waals surface area (Å²) in [7, 11) is -2.88. The first-order chi connectivity index (χ1) is 8.07. The molecular weight excluding hydrogens is 240 g/mol. The average Bonchev–Trinajstić information content (AvgIpc) is 2.61. The Kier molecular flexibility index (Phi) is 3.33. The van der Waals surface area contributed by atoms with Gasteiger partial charge in [0, 0.05) is 5.56 Å². The van der Waals surface area contributed by atoms with Gasteiger partial charge in [-0.2, -0.15) is 5.10 Å². The van der Waals surface area contributed by atoms with Crippen molar-refractivity contribution in [1.82, 2.24) is 5.43 Å². The number of hydrogen-bond donors (Lipinski definition) is 2. The van der Waals surface area contributed by atoms with E-state index >= 15 is 0 Å². The highest BCUT2D eigenvalue weighted by Crippen LogP contribution is 2.13. The van der Waals surface area contributed by atoms with Crippen molar-refractivity contribution < 1.29 is 13.5 Å². The lowest BCUT2D eigenvalue weighted by Gasteiger charge is -2.05. The summed E-state index contributed by atoms with van der Waals surface area (Å²) in [5.74, 6) is 0.499. The number of hydrogen-bond acceptors (Lipinski definition) is 5. The van der Waals surface area contributed by atoms with Gasteiger partial charge in [0.15, 0.2) is 9.84 Å². The van der Waals surface area contributed by atoms with Crippen molar-refractivity contribution in [1.29, 1.82) is 0 Å². The maximum absolute atomic E-state index is 11.2. The van der Waals surface area contributed by atoms with Gasteiger partial charge in [0.1, 0.15) is 5.75 Å². The van der Waals surface area contributed by atoms with Crippen molar-refractivity contribution in [3.05, 3.63) is 29.8 Å². The van der Waals surface area contributed by atoms with Gasteiger partial charge in [0.25, 0.3) is 0 Å². The van der Waals surface area contributed by atoms with E-state index in [2.05, 4.69) is 10.5 Å². The molecule has 17 heavy (non-hydrogen) atoms. The van der Waals surface area contributed by atoms with Gasteiger partial charge in [-0.15, -0.1) is 0 Å². The predicted molar refractivity (Wildman–Crippen MR) is 65.9 cm³/mol. The van der Waals surface area contributed by atoms with E-state index in [-0.39, 0.29) is 23.3 Å². The van der Waals surface area contributed by atoms with Gasteiger partial charge in [-0.3, -0.25) is 0 Å². The lowest BCUT2D eigenvalue weighted by Crippen LogP contribution is -2.25. The molecule has 0 amide bonds. The number of nitrogens with one attached hydrogen (secondary N) is 1. The molecule has 6 heteroatoms. The Hall–Kier alpha value is -1.56. The van der Waals surface area contributed by atoms with Crippen LogP contribution in [0, 0.1) is 0 Å². The van der Waals surface area contributed by atoms with E-state index < -0.39 is 9.84 Å². The van der Waals surface area contributed by atoms with Gasteiger partial charge in [-0.1, -0.05) is 12.1 Å². The van der Waals surface area contributed by atoms with Crippen LogP contribution in [0.2, 0.25) is 0 Å². The summed E-state index contributed by atoms with van der Waals surface area (Å²) >= 11 is 0. The Labute approximate surface area is 100 Å². The van der Waals surface area contributed by atoms with E-state index in [1.54, 1.807) is 24.3 Å². The molecule has 0 radical (unpaired) electrons. The molecule has 92 valence electrons. The quantitative estimate of drug-likeness (QED) is 0.608. The summed E-state index contributed by atoms with van der Waals surface area (Å²) in [4.78, 5) is 0. The summed E-state index contributed by atoms with van der Waals surface area (Å²) in [6, 6.07) is 6.69. The van der Waals surface area contributed by atoms with Gasteiger partial charge in [-0.05, 0) is 18.6 Å². The first kappa shape index (κ1) is 11.9. The molecule has 0 saturated carbocycles. The van der Waals surface area contributed by atoms with Crippen molar-refractivity contribution in [2.75, 3.05) is 11.5 Å². The zero-order chi connectivity index (χ0) is 12.3. The molecule has 1 unspecified atom stereocenters. The van der Waals surface area contributed by atoms with Crippen molar-refractivity contribution in [3.63, 3.8) is 0 Å². The highest BCUT2D eigenvalue weighted by atomic mass is 32.2. The van der Waals surface area contributed by atoms with Gasteiger partial charge in [0.05, 0.1) is 23.8 Å². The van der Waals surface area contributed by atoms with Crippen LogP contribution in [-0.4, -0.2) is 37.3 Å². The van der Waals surface area contributed by atoms with Crippen LogP contribution in [0.15, 0.2) is 29.4 Å². The predicted octanol–water partition coefficient (Wildman–Crippen LogP) is 0.503. The Balaban J connectivity index is 1.93. The highest BCUT2D eigenvalue weighted by molar-refractivity contribution is 7.91. The van der Waals surface area contributed by atoms with Crippen molar-refractivity contribution in [2.45, 2.75) is 12.5 Å². The fourth-order valence-electron chi connectivity index (χ4n) is 1.71. The molecular formula is C11H14N2O3S. The van der Waals surface area contributed by atoms with E-state index in [0.717, 1.165) is 0 Å². The molecule has 1 aliphatic rings. The van der Waals surface area contributed by atoms with Gasteiger partial charge in [-0.25, -0.2) is 8.42 Å². The van der Waals surface area contributed by atoms with Crippen LogP contribution in [0.3, 0.4) is 0 Å². The van der Waals surface area contributed by atoms with Crippen molar-refractivity contribution in [2.24, 2.45) is 5.10 Å². The molecule has 5 nitrogen and oxygen atoms in total. The number of rotatable bonds is 3. The van der Waals surface area contributed by atoms with Crippen LogP contribution in [0.4, 0.5) is 0 Å². The molecule has 1 aliphatic heterocycles. The monoisotopic (exact) mass is 254 g/mol. The third-order valence-corrected chi connectivity index (χ3v) is 4.40. The number of nitrogens with zero attached hydrogens (tertiary/aromatic N) is 1. The second kappa shape index (κ2) is 4.75. The Morgan fingerprint density at radius 2 is 2.18 bits per heavy atom. The zero-order valence-electron chi connectivity index (χ0n) is 9.20. The minimum absolute atomic E-state index is 0.123. The Morgan fingerprint density at radius 3 is 2.82 bits per heavy atom. The number of hydrazone groups is 1. The van der Waals surface area contributed by atoms with Crippen molar-refractivity contribution >= 4 is 16.1 Å². The van der Waals surface area contributed by atoms with Crippen LogP contribution in [0.1, 0.15) is 12.0 Å². The summed E-state index contributed by atoms with van der Waals surface area (Å²) in [6.45, 7) is 0. The largest absolute Gasteiger partial charge is 0.507 e. The van der Waals surface area contributed by atoms with Crippen LogP contribution in [0.5, 0.6) is 5.75 Å². The molecule has 0 bridgehead atoms. The molecule has 1 aromatic rings. The second-order valence-electron chi connectivity index (χ2n) is 4.05. The smallest absolute Gasteiger partial charge is 0.152 e. The van der Waals surface area contributed by atoms with Gasteiger partial charge >= 0.3 is 0 Å². The number of phenols is 1. The average molecular weight is 254 g/mol. The number of para-hydroxylation sites is 1. The highest BCUT2D eigenvalue weighted by Gasteiger charge is 2.27. The summed E-state index contributed by atoms with van der Waals surface area (Å²) in [5, 5.41) is 13.4. The fraction of sp³-hybridized carbons (Fsp3) is 0.364. The molecule has 0 aromatic heterocycles. The third kappa shape index (κ3) is 3.20. The van der Waals surface area contributed by atoms with Gasteiger partial charge < -0.3 is 10.5 Å². The Morgan fingerprint density at radius 1 is 1.41 bits per heavy atom. The first-order valence-corrected chi connectivity index (χ1v) is 7.16. The maximum atomic E-state index is 11.2. The van der Waals surface area contributed by atoms with E-state index in [1.807, 2.05) is 0 Å². The maximum Gasteiger partial charge on any atom is 0.152 e. The number of aromatic hydroxyl groups is 1. The lowest BCUT2D eigenvalue weighted by molar-refractivity contribution is 0.474. The van der Waals surface area contributed by atoms with Crippen molar-refractivity contribution in [3.8, 4) is 5.75 Å². The minimum Gasteiger partial charge on any atom is -0.507 e. The SMILES string of the molecule is O=S1(=O)CCC(N/N=C/c2ccccc2O)C1. The minimum atomic E-state index is -2.88. The molecule has 1 saturated heterocycles. The molecule has 2 rings (SSSR count). The number of benzene rings is 1. The van der Waals surface area contributed by atoms with Crippen LogP contribution >= 0.6 is 0 Å². The Bertz CT molecular complexity index is 525. The molecule has 1 atom stereocenters.